The Morgan fingerprint density at radius 3 is 2.19 bits per heavy atom. The Morgan fingerprint density at radius 1 is 0.968 bits per heavy atom. The molecule has 166 valence electrons. The fourth-order valence-corrected chi connectivity index (χ4v) is 3.94. The van der Waals surface area contributed by atoms with Crippen LogP contribution in [0.3, 0.4) is 0 Å². The van der Waals surface area contributed by atoms with Crippen molar-refractivity contribution >= 4 is 11.8 Å². The van der Waals surface area contributed by atoms with Crippen LogP contribution >= 0.6 is 0 Å². The third-order valence-corrected chi connectivity index (χ3v) is 5.73. The smallest absolute Gasteiger partial charge is 0.251 e. The maximum Gasteiger partial charge on any atom is 0.251 e. The Bertz CT molecular complexity index is 820. The molecule has 3 rings (SSSR count). The number of ether oxygens (including phenoxy) is 1. The molecule has 2 aromatic rings. The molecule has 1 heterocycles. The number of amides is 2. The first-order chi connectivity index (χ1) is 15.0. The van der Waals surface area contributed by atoms with E-state index >= 15 is 0 Å². The number of hydrogen-bond donors (Lipinski definition) is 2. The Kier molecular flexibility index (Phi) is 8.62. The maximum atomic E-state index is 12.8. The topological polar surface area (TPSA) is 70.7 Å². The van der Waals surface area contributed by atoms with E-state index in [9.17, 15) is 9.59 Å². The molecule has 1 aliphatic heterocycles. The summed E-state index contributed by atoms with van der Waals surface area (Å²) in [6.45, 7) is 8.19. The number of hydrogen-bond acceptors (Lipinski definition) is 4. The maximum absolute atomic E-state index is 12.8. The van der Waals surface area contributed by atoms with Crippen LogP contribution in [0.5, 0.6) is 0 Å². The summed E-state index contributed by atoms with van der Waals surface area (Å²) in [6, 6.07) is 18.6. The quantitative estimate of drug-likeness (QED) is 0.651. The van der Waals surface area contributed by atoms with Gasteiger partial charge in [0.15, 0.2) is 0 Å². The fourth-order valence-electron chi connectivity index (χ4n) is 3.94. The largest absolute Gasteiger partial charge is 0.379 e. The Labute approximate surface area is 185 Å². The molecule has 0 bridgehead atoms. The van der Waals surface area contributed by atoms with Crippen molar-refractivity contribution in [2.75, 3.05) is 32.8 Å². The lowest BCUT2D eigenvalue weighted by atomic mass is 10.0. The van der Waals surface area contributed by atoms with Crippen molar-refractivity contribution in [2.24, 2.45) is 5.92 Å². The van der Waals surface area contributed by atoms with Crippen LogP contribution in [0.1, 0.15) is 42.2 Å². The van der Waals surface area contributed by atoms with Crippen molar-refractivity contribution in [1.82, 2.24) is 15.5 Å². The molecule has 2 unspecified atom stereocenters. The third-order valence-electron chi connectivity index (χ3n) is 5.73. The van der Waals surface area contributed by atoms with Crippen molar-refractivity contribution in [3.05, 3.63) is 71.8 Å². The van der Waals surface area contributed by atoms with Gasteiger partial charge in [-0.15, -0.1) is 0 Å². The molecule has 0 radical (unpaired) electrons. The summed E-state index contributed by atoms with van der Waals surface area (Å²) in [5, 5.41) is 6.13. The molecular weight excluding hydrogens is 390 g/mol. The monoisotopic (exact) mass is 423 g/mol. The number of rotatable bonds is 9. The standard InChI is InChI=1S/C25H33N3O3/c1-19(2)23(28-13-15-31-16-14-28)18-26-24(29)17-22(20-9-5-3-6-10-20)27-25(30)21-11-7-4-8-12-21/h3-12,19,22-23H,13-18H2,1-2H3,(H,26,29)(H,27,30). The van der Waals surface area contributed by atoms with Crippen LogP contribution in [0.25, 0.3) is 0 Å². The first-order valence-electron chi connectivity index (χ1n) is 11.0. The lowest BCUT2D eigenvalue weighted by Gasteiger charge is -2.37. The zero-order valence-electron chi connectivity index (χ0n) is 18.4. The van der Waals surface area contributed by atoms with E-state index in [1.807, 2.05) is 48.5 Å². The molecule has 0 aliphatic carbocycles. The van der Waals surface area contributed by atoms with Crippen molar-refractivity contribution < 1.29 is 14.3 Å². The molecule has 31 heavy (non-hydrogen) atoms. The molecule has 2 aromatic carbocycles. The molecule has 0 spiro atoms. The van der Waals surface area contributed by atoms with Crippen molar-refractivity contribution in [2.45, 2.75) is 32.4 Å². The van der Waals surface area contributed by atoms with E-state index < -0.39 is 6.04 Å². The van der Waals surface area contributed by atoms with Gasteiger partial charge in [-0.05, 0) is 23.6 Å². The van der Waals surface area contributed by atoms with Crippen LogP contribution in [-0.2, 0) is 9.53 Å². The SMILES string of the molecule is CC(C)C(CNC(=O)CC(NC(=O)c1ccccc1)c1ccccc1)N1CCOCC1. The van der Waals surface area contributed by atoms with Gasteiger partial charge in [-0.2, -0.15) is 0 Å². The molecule has 1 aliphatic rings. The number of nitrogens with zero attached hydrogens (tertiary/aromatic N) is 1. The Hall–Kier alpha value is -2.70. The minimum Gasteiger partial charge on any atom is -0.379 e. The van der Waals surface area contributed by atoms with E-state index in [-0.39, 0.29) is 24.3 Å². The highest BCUT2D eigenvalue weighted by atomic mass is 16.5. The summed E-state index contributed by atoms with van der Waals surface area (Å²) >= 11 is 0. The van der Waals surface area contributed by atoms with E-state index in [2.05, 4.69) is 29.4 Å². The van der Waals surface area contributed by atoms with Crippen LogP contribution in [0.2, 0.25) is 0 Å². The second-order valence-corrected chi connectivity index (χ2v) is 8.27. The van der Waals surface area contributed by atoms with E-state index in [0.717, 1.165) is 31.9 Å². The molecule has 2 N–H and O–H groups in total. The average Bonchev–Trinajstić information content (AvgIpc) is 2.80. The predicted octanol–water partition coefficient (Wildman–Crippen LogP) is 3.02. The third kappa shape index (κ3) is 6.91. The van der Waals surface area contributed by atoms with E-state index in [1.54, 1.807) is 12.1 Å². The number of carbonyl (C=O) groups is 2. The van der Waals surface area contributed by atoms with Gasteiger partial charge in [0.1, 0.15) is 0 Å². The number of nitrogens with one attached hydrogen (secondary N) is 2. The number of benzene rings is 2. The Balaban J connectivity index is 1.63. The molecule has 1 saturated heterocycles. The highest BCUT2D eigenvalue weighted by molar-refractivity contribution is 5.94. The van der Waals surface area contributed by atoms with E-state index in [0.29, 0.717) is 18.0 Å². The van der Waals surface area contributed by atoms with Gasteiger partial charge in [0, 0.05) is 31.2 Å². The van der Waals surface area contributed by atoms with Gasteiger partial charge in [0.25, 0.3) is 5.91 Å². The second-order valence-electron chi connectivity index (χ2n) is 8.27. The molecule has 1 fully saturated rings. The van der Waals surface area contributed by atoms with Crippen molar-refractivity contribution in [3.63, 3.8) is 0 Å². The predicted molar refractivity (Wildman–Crippen MR) is 122 cm³/mol. The first-order valence-corrected chi connectivity index (χ1v) is 11.0. The van der Waals surface area contributed by atoms with Crippen molar-refractivity contribution in [3.8, 4) is 0 Å². The summed E-state index contributed by atoms with van der Waals surface area (Å²) in [6.07, 6.45) is 0.191. The van der Waals surface area contributed by atoms with Gasteiger partial charge in [-0.1, -0.05) is 62.4 Å². The van der Waals surface area contributed by atoms with Crippen molar-refractivity contribution in [1.29, 1.82) is 0 Å². The van der Waals surface area contributed by atoms with Crippen LogP contribution in [0.4, 0.5) is 0 Å². The lowest BCUT2D eigenvalue weighted by molar-refractivity contribution is -0.122. The van der Waals surface area contributed by atoms with Crippen LogP contribution in [0, 0.1) is 5.92 Å². The summed E-state index contributed by atoms with van der Waals surface area (Å²) in [7, 11) is 0. The van der Waals surface area contributed by atoms with E-state index in [1.165, 1.54) is 0 Å². The molecule has 6 nitrogen and oxygen atoms in total. The van der Waals surface area contributed by atoms with Gasteiger partial charge >= 0.3 is 0 Å². The zero-order valence-corrected chi connectivity index (χ0v) is 18.4. The fraction of sp³-hybridized carbons (Fsp3) is 0.440. The van der Waals surface area contributed by atoms with Gasteiger partial charge in [0.05, 0.1) is 25.7 Å². The minimum absolute atomic E-state index is 0.0684. The van der Waals surface area contributed by atoms with Crippen LogP contribution in [-0.4, -0.2) is 55.6 Å². The van der Waals surface area contributed by atoms with Gasteiger partial charge in [0.2, 0.25) is 5.91 Å². The zero-order chi connectivity index (χ0) is 22.1. The molecule has 2 atom stereocenters. The molecule has 2 amide bonds. The number of carbonyl (C=O) groups excluding carboxylic acids is 2. The normalized spacial score (nSPS) is 16.5. The molecule has 6 heteroatoms. The molecular formula is C25H33N3O3. The highest BCUT2D eigenvalue weighted by Gasteiger charge is 2.25. The lowest BCUT2D eigenvalue weighted by Crippen LogP contribution is -2.51. The Morgan fingerprint density at radius 2 is 1.58 bits per heavy atom. The minimum atomic E-state index is -0.394. The molecule has 0 aromatic heterocycles. The number of morpholine rings is 1. The summed E-state index contributed by atoms with van der Waals surface area (Å²) in [5.41, 5.74) is 1.49. The summed E-state index contributed by atoms with van der Waals surface area (Å²) < 4.78 is 5.46. The molecule has 0 saturated carbocycles. The first kappa shape index (κ1) is 23.0. The second kappa shape index (κ2) is 11.6. The van der Waals surface area contributed by atoms with Crippen LogP contribution in [0.15, 0.2) is 60.7 Å². The van der Waals surface area contributed by atoms with E-state index in [4.69, 9.17) is 4.74 Å². The summed E-state index contributed by atoms with van der Waals surface area (Å²) in [4.78, 5) is 27.9. The van der Waals surface area contributed by atoms with Gasteiger partial charge in [-0.25, -0.2) is 0 Å². The average molecular weight is 424 g/mol. The van der Waals surface area contributed by atoms with Gasteiger partial charge in [-0.3, -0.25) is 14.5 Å². The van der Waals surface area contributed by atoms with Gasteiger partial charge < -0.3 is 15.4 Å². The van der Waals surface area contributed by atoms with Crippen LogP contribution < -0.4 is 10.6 Å². The highest BCUT2D eigenvalue weighted by Crippen LogP contribution is 2.18. The summed E-state index contributed by atoms with van der Waals surface area (Å²) in [5.74, 6) is 0.165.